The summed E-state index contributed by atoms with van der Waals surface area (Å²) in [7, 11) is 0. The van der Waals surface area contributed by atoms with Crippen LogP contribution in [0.3, 0.4) is 0 Å². The third-order valence-corrected chi connectivity index (χ3v) is 8.40. The first-order valence-corrected chi connectivity index (χ1v) is 10.00. The topological polar surface area (TPSA) is 0 Å². The van der Waals surface area contributed by atoms with E-state index in [1.54, 1.807) is 11.3 Å². The Labute approximate surface area is 150 Å². The fourth-order valence-electron chi connectivity index (χ4n) is 2.39. The number of alkyl halides is 1. The van der Waals surface area contributed by atoms with Gasteiger partial charge in [-0.2, -0.15) is 0 Å². The van der Waals surface area contributed by atoms with Gasteiger partial charge in [0.15, 0.2) is 0 Å². The van der Waals surface area contributed by atoms with Crippen LogP contribution in [0.25, 0.3) is 0 Å². The minimum atomic E-state index is 0.340. The van der Waals surface area contributed by atoms with Crippen LogP contribution in [-0.2, 0) is 0 Å². The molecule has 1 heterocycles. The molecule has 0 N–H and O–H groups in total. The number of benzene rings is 1. The molecule has 3 unspecified atom stereocenters. The maximum absolute atomic E-state index is 3.95. The van der Waals surface area contributed by atoms with Gasteiger partial charge in [-0.3, -0.25) is 0 Å². The van der Waals surface area contributed by atoms with Gasteiger partial charge in [-0.05, 0) is 49.4 Å². The van der Waals surface area contributed by atoms with Crippen LogP contribution >= 0.6 is 59.1 Å². The molecule has 4 heteroatoms. The predicted molar refractivity (Wildman–Crippen MR) is 100 cm³/mol. The normalized spacial score (nSPS) is 15.8. The summed E-state index contributed by atoms with van der Waals surface area (Å²) < 4.78 is 2.30. The van der Waals surface area contributed by atoms with Crippen molar-refractivity contribution in [2.45, 2.75) is 31.0 Å². The molecule has 0 saturated heterocycles. The van der Waals surface area contributed by atoms with E-state index in [1.807, 2.05) is 0 Å². The SMILES string of the molecule is CCC(C)C(c1ccccc1)C(Br)c1cc(Br)c(Br)s1. The van der Waals surface area contributed by atoms with E-state index in [4.69, 9.17) is 0 Å². The molecule has 0 aliphatic heterocycles. The first kappa shape index (κ1) is 16.7. The van der Waals surface area contributed by atoms with Crippen molar-refractivity contribution in [1.82, 2.24) is 0 Å². The molecular formula is C16H17Br3S. The van der Waals surface area contributed by atoms with Gasteiger partial charge < -0.3 is 0 Å². The van der Waals surface area contributed by atoms with Crippen molar-refractivity contribution in [2.24, 2.45) is 5.92 Å². The molecule has 20 heavy (non-hydrogen) atoms. The van der Waals surface area contributed by atoms with Crippen LogP contribution in [0.4, 0.5) is 0 Å². The van der Waals surface area contributed by atoms with Crippen LogP contribution in [0.5, 0.6) is 0 Å². The highest BCUT2D eigenvalue weighted by Crippen LogP contribution is 2.48. The highest BCUT2D eigenvalue weighted by molar-refractivity contribution is 9.13. The van der Waals surface area contributed by atoms with Gasteiger partial charge in [0.1, 0.15) is 0 Å². The molecule has 108 valence electrons. The number of halogens is 3. The van der Waals surface area contributed by atoms with Gasteiger partial charge in [0.2, 0.25) is 0 Å². The third-order valence-electron chi connectivity index (χ3n) is 3.69. The Kier molecular flexibility index (Phi) is 6.33. The van der Waals surface area contributed by atoms with Gasteiger partial charge >= 0.3 is 0 Å². The lowest BCUT2D eigenvalue weighted by Gasteiger charge is -2.28. The minimum absolute atomic E-state index is 0.340. The van der Waals surface area contributed by atoms with Crippen molar-refractivity contribution in [3.63, 3.8) is 0 Å². The summed E-state index contributed by atoms with van der Waals surface area (Å²) >= 11 is 12.9. The summed E-state index contributed by atoms with van der Waals surface area (Å²) in [6.07, 6.45) is 1.18. The van der Waals surface area contributed by atoms with E-state index in [1.165, 1.54) is 16.9 Å². The Morgan fingerprint density at radius 3 is 2.30 bits per heavy atom. The van der Waals surface area contributed by atoms with E-state index in [0.29, 0.717) is 16.7 Å². The zero-order chi connectivity index (χ0) is 14.7. The number of thiophene rings is 1. The van der Waals surface area contributed by atoms with Gasteiger partial charge in [0.25, 0.3) is 0 Å². The molecule has 0 nitrogen and oxygen atoms in total. The number of hydrogen-bond acceptors (Lipinski definition) is 1. The maximum atomic E-state index is 3.95. The lowest BCUT2D eigenvalue weighted by Crippen LogP contribution is -2.14. The lowest BCUT2D eigenvalue weighted by atomic mass is 9.83. The molecule has 0 aliphatic carbocycles. The quantitative estimate of drug-likeness (QED) is 0.388. The molecular weight excluding hydrogens is 464 g/mol. The molecule has 0 saturated carbocycles. The Balaban J connectivity index is 2.36. The molecule has 0 spiro atoms. The van der Waals surface area contributed by atoms with Crippen LogP contribution in [0.1, 0.15) is 41.5 Å². The Morgan fingerprint density at radius 2 is 1.80 bits per heavy atom. The summed E-state index contributed by atoms with van der Waals surface area (Å²) in [5.74, 6) is 1.11. The molecule has 1 aromatic carbocycles. The maximum Gasteiger partial charge on any atom is 0.0843 e. The first-order chi connectivity index (χ1) is 9.54. The van der Waals surface area contributed by atoms with Crippen molar-refractivity contribution in [3.05, 3.63) is 55.1 Å². The van der Waals surface area contributed by atoms with E-state index >= 15 is 0 Å². The van der Waals surface area contributed by atoms with Gasteiger partial charge in [0, 0.05) is 15.3 Å². The monoisotopic (exact) mass is 478 g/mol. The molecule has 3 atom stereocenters. The highest BCUT2D eigenvalue weighted by Gasteiger charge is 2.28. The van der Waals surface area contributed by atoms with Gasteiger partial charge in [-0.1, -0.05) is 66.5 Å². The standard InChI is InChI=1S/C16H17Br3S/c1-3-10(2)14(11-7-5-4-6-8-11)15(18)13-9-12(17)16(19)20-13/h4-10,14-15H,3H2,1-2H3. The van der Waals surface area contributed by atoms with Crippen molar-refractivity contribution in [1.29, 1.82) is 0 Å². The summed E-state index contributed by atoms with van der Waals surface area (Å²) in [5, 5.41) is 0. The molecule has 0 aliphatic rings. The second-order valence-corrected chi connectivity index (χ2v) is 9.24. The average Bonchev–Trinajstić information content (AvgIpc) is 2.80. The summed E-state index contributed by atoms with van der Waals surface area (Å²) in [4.78, 5) is 1.70. The zero-order valence-corrected chi connectivity index (χ0v) is 17.0. The summed E-state index contributed by atoms with van der Waals surface area (Å²) in [5.41, 5.74) is 1.41. The molecule has 2 rings (SSSR count). The van der Waals surface area contributed by atoms with E-state index in [0.717, 1.165) is 8.26 Å². The van der Waals surface area contributed by atoms with Crippen molar-refractivity contribution in [2.75, 3.05) is 0 Å². The predicted octanol–water partition coefficient (Wildman–Crippen LogP) is 7.54. The van der Waals surface area contributed by atoms with Crippen molar-refractivity contribution in [3.8, 4) is 0 Å². The average molecular weight is 481 g/mol. The Bertz CT molecular complexity index is 531. The fourth-order valence-corrected chi connectivity index (χ4v) is 5.75. The van der Waals surface area contributed by atoms with Crippen LogP contribution in [0.2, 0.25) is 0 Å². The highest BCUT2D eigenvalue weighted by atomic mass is 79.9. The van der Waals surface area contributed by atoms with Crippen LogP contribution in [0.15, 0.2) is 44.7 Å². The smallest absolute Gasteiger partial charge is 0.0843 e. The largest absolute Gasteiger partial charge is 0.131 e. The second kappa shape index (κ2) is 7.57. The van der Waals surface area contributed by atoms with E-state index in [2.05, 4.69) is 98.0 Å². The van der Waals surface area contributed by atoms with Crippen molar-refractivity contribution >= 4 is 59.1 Å². The van der Waals surface area contributed by atoms with E-state index < -0.39 is 0 Å². The molecule has 0 bridgehead atoms. The molecule has 0 radical (unpaired) electrons. The van der Waals surface area contributed by atoms with Crippen LogP contribution in [0, 0.1) is 5.92 Å². The Hall–Kier alpha value is 0.360. The van der Waals surface area contributed by atoms with Crippen molar-refractivity contribution < 1.29 is 0 Å². The molecule has 2 aromatic rings. The second-order valence-electron chi connectivity index (χ2n) is 4.99. The number of rotatable bonds is 5. The zero-order valence-electron chi connectivity index (χ0n) is 11.4. The molecule has 0 amide bonds. The van der Waals surface area contributed by atoms with E-state index in [-0.39, 0.29) is 0 Å². The summed E-state index contributed by atoms with van der Waals surface area (Å²) in [6.45, 7) is 4.60. The molecule has 1 aromatic heterocycles. The third kappa shape index (κ3) is 3.76. The minimum Gasteiger partial charge on any atom is -0.131 e. The lowest BCUT2D eigenvalue weighted by molar-refractivity contribution is 0.442. The van der Waals surface area contributed by atoms with Crippen LogP contribution in [-0.4, -0.2) is 0 Å². The molecule has 0 fully saturated rings. The fraction of sp³-hybridized carbons (Fsp3) is 0.375. The Morgan fingerprint density at radius 1 is 1.15 bits per heavy atom. The summed E-state index contributed by atoms with van der Waals surface area (Å²) in [6, 6.07) is 13.0. The van der Waals surface area contributed by atoms with Gasteiger partial charge in [0.05, 0.1) is 8.61 Å². The van der Waals surface area contributed by atoms with Crippen LogP contribution < -0.4 is 0 Å². The van der Waals surface area contributed by atoms with Gasteiger partial charge in [-0.25, -0.2) is 0 Å². The first-order valence-electron chi connectivity index (χ1n) is 6.68. The van der Waals surface area contributed by atoms with E-state index in [9.17, 15) is 0 Å². The van der Waals surface area contributed by atoms with Gasteiger partial charge in [-0.15, -0.1) is 11.3 Å². The number of hydrogen-bond donors (Lipinski definition) is 0.